The first kappa shape index (κ1) is 16.6. The standard InChI is InChI=1S/C15H24N2O3/c1-9-11(7-8-12(18)19)10(2)17-14(16-9)13(20-6)15(3,4)5/h13H,7-8H2,1-6H3,(H,18,19). The van der Waals surface area contributed by atoms with Crippen molar-refractivity contribution in [3.8, 4) is 0 Å². The summed E-state index contributed by atoms with van der Waals surface area (Å²) in [6.45, 7) is 10.0. The minimum absolute atomic E-state index is 0.0946. The second kappa shape index (κ2) is 6.31. The summed E-state index contributed by atoms with van der Waals surface area (Å²) in [5.41, 5.74) is 2.48. The van der Waals surface area contributed by atoms with Crippen LogP contribution in [0.5, 0.6) is 0 Å². The van der Waals surface area contributed by atoms with E-state index in [1.807, 2.05) is 13.8 Å². The van der Waals surface area contributed by atoms with E-state index in [4.69, 9.17) is 9.84 Å². The lowest BCUT2D eigenvalue weighted by atomic mass is 9.88. The number of aryl methyl sites for hydroxylation is 2. The number of nitrogens with zero attached hydrogens (tertiary/aromatic N) is 2. The number of aromatic nitrogens is 2. The zero-order valence-corrected chi connectivity index (χ0v) is 13.1. The van der Waals surface area contributed by atoms with E-state index in [2.05, 4.69) is 30.7 Å². The smallest absolute Gasteiger partial charge is 0.303 e. The first-order chi connectivity index (χ1) is 9.16. The molecule has 0 bridgehead atoms. The van der Waals surface area contributed by atoms with Gasteiger partial charge < -0.3 is 9.84 Å². The third-order valence-corrected chi connectivity index (χ3v) is 3.28. The molecule has 1 aromatic heterocycles. The van der Waals surface area contributed by atoms with Crippen LogP contribution in [0.4, 0.5) is 0 Å². The maximum Gasteiger partial charge on any atom is 0.303 e. The van der Waals surface area contributed by atoms with Gasteiger partial charge in [-0.25, -0.2) is 9.97 Å². The third-order valence-electron chi connectivity index (χ3n) is 3.28. The van der Waals surface area contributed by atoms with E-state index in [-0.39, 0.29) is 17.9 Å². The summed E-state index contributed by atoms with van der Waals surface area (Å²) >= 11 is 0. The maximum atomic E-state index is 10.7. The van der Waals surface area contributed by atoms with Gasteiger partial charge in [-0.2, -0.15) is 0 Å². The number of methoxy groups -OCH3 is 1. The Hall–Kier alpha value is -1.49. The van der Waals surface area contributed by atoms with Gasteiger partial charge in [0.1, 0.15) is 6.10 Å². The van der Waals surface area contributed by atoms with Crippen molar-refractivity contribution in [1.29, 1.82) is 0 Å². The lowest BCUT2D eigenvalue weighted by Gasteiger charge is -2.28. The average molecular weight is 280 g/mol. The lowest BCUT2D eigenvalue weighted by Crippen LogP contribution is -2.23. The van der Waals surface area contributed by atoms with Gasteiger partial charge in [-0.1, -0.05) is 20.8 Å². The van der Waals surface area contributed by atoms with Crippen LogP contribution in [-0.2, 0) is 16.0 Å². The van der Waals surface area contributed by atoms with E-state index in [1.54, 1.807) is 7.11 Å². The second-order valence-corrected chi connectivity index (χ2v) is 6.11. The highest BCUT2D eigenvalue weighted by atomic mass is 16.5. The summed E-state index contributed by atoms with van der Waals surface area (Å²) in [4.78, 5) is 19.7. The van der Waals surface area contributed by atoms with E-state index >= 15 is 0 Å². The van der Waals surface area contributed by atoms with Crippen molar-refractivity contribution >= 4 is 5.97 Å². The molecule has 0 amide bonds. The number of hydrogen-bond acceptors (Lipinski definition) is 4. The Labute approximate surface area is 120 Å². The van der Waals surface area contributed by atoms with Gasteiger partial charge in [0, 0.05) is 24.9 Å². The molecule has 0 aliphatic rings. The molecule has 0 saturated heterocycles. The van der Waals surface area contributed by atoms with Crippen molar-refractivity contribution in [2.75, 3.05) is 7.11 Å². The van der Waals surface area contributed by atoms with E-state index in [0.717, 1.165) is 17.0 Å². The highest BCUT2D eigenvalue weighted by Gasteiger charge is 2.29. The molecule has 1 atom stereocenters. The number of ether oxygens (including phenoxy) is 1. The van der Waals surface area contributed by atoms with Crippen molar-refractivity contribution in [3.63, 3.8) is 0 Å². The molecule has 1 unspecified atom stereocenters. The molecule has 0 saturated carbocycles. The normalized spacial score (nSPS) is 13.3. The van der Waals surface area contributed by atoms with Crippen LogP contribution in [0.2, 0.25) is 0 Å². The Balaban J connectivity index is 3.12. The molecule has 5 heteroatoms. The van der Waals surface area contributed by atoms with Gasteiger partial charge in [0.25, 0.3) is 0 Å². The fraction of sp³-hybridized carbons (Fsp3) is 0.667. The van der Waals surface area contributed by atoms with Crippen LogP contribution in [0, 0.1) is 19.3 Å². The van der Waals surface area contributed by atoms with Crippen LogP contribution in [0.1, 0.15) is 56.1 Å². The summed E-state index contributed by atoms with van der Waals surface area (Å²) in [6, 6.07) is 0. The summed E-state index contributed by atoms with van der Waals surface area (Å²) in [5.74, 6) is -0.147. The minimum atomic E-state index is -0.808. The highest BCUT2D eigenvalue weighted by molar-refractivity contribution is 5.67. The van der Waals surface area contributed by atoms with Crippen LogP contribution in [0.25, 0.3) is 0 Å². The molecule has 5 nitrogen and oxygen atoms in total. The quantitative estimate of drug-likeness (QED) is 0.898. The van der Waals surface area contributed by atoms with Gasteiger partial charge >= 0.3 is 5.97 Å². The maximum absolute atomic E-state index is 10.7. The van der Waals surface area contributed by atoms with Crippen molar-refractivity contribution in [3.05, 3.63) is 22.8 Å². The Bertz CT molecular complexity index is 469. The van der Waals surface area contributed by atoms with Gasteiger partial charge in [-0.05, 0) is 31.2 Å². The zero-order valence-electron chi connectivity index (χ0n) is 13.1. The fourth-order valence-electron chi connectivity index (χ4n) is 2.32. The Morgan fingerprint density at radius 1 is 1.25 bits per heavy atom. The number of carbonyl (C=O) groups is 1. The molecule has 20 heavy (non-hydrogen) atoms. The van der Waals surface area contributed by atoms with E-state index < -0.39 is 5.97 Å². The van der Waals surface area contributed by atoms with Crippen LogP contribution in [0.15, 0.2) is 0 Å². The molecule has 0 spiro atoms. The van der Waals surface area contributed by atoms with E-state index in [0.29, 0.717) is 12.2 Å². The average Bonchev–Trinajstić information content (AvgIpc) is 2.26. The van der Waals surface area contributed by atoms with Gasteiger partial charge in [0.05, 0.1) is 0 Å². The molecule has 1 rings (SSSR count). The van der Waals surface area contributed by atoms with E-state index in [1.165, 1.54) is 0 Å². The second-order valence-electron chi connectivity index (χ2n) is 6.11. The molecule has 1 aromatic rings. The van der Waals surface area contributed by atoms with Gasteiger partial charge in [0.15, 0.2) is 5.82 Å². The van der Waals surface area contributed by atoms with Crippen molar-refractivity contribution < 1.29 is 14.6 Å². The SMILES string of the molecule is COC(c1nc(C)c(CCC(=O)O)c(C)n1)C(C)(C)C. The molecule has 0 radical (unpaired) electrons. The fourth-order valence-corrected chi connectivity index (χ4v) is 2.32. The molecule has 1 N–H and O–H groups in total. The molecule has 0 aliphatic carbocycles. The Kier molecular flexibility index (Phi) is 5.22. The summed E-state index contributed by atoms with van der Waals surface area (Å²) in [7, 11) is 1.66. The predicted octanol–water partition coefficient (Wildman–Crippen LogP) is 2.84. The Morgan fingerprint density at radius 3 is 2.10 bits per heavy atom. The van der Waals surface area contributed by atoms with Crippen LogP contribution in [-0.4, -0.2) is 28.2 Å². The van der Waals surface area contributed by atoms with Crippen molar-refractivity contribution in [1.82, 2.24) is 9.97 Å². The Morgan fingerprint density at radius 2 is 1.75 bits per heavy atom. The first-order valence-electron chi connectivity index (χ1n) is 6.75. The van der Waals surface area contributed by atoms with Gasteiger partial charge in [-0.3, -0.25) is 4.79 Å². The third kappa shape index (κ3) is 4.00. The summed E-state index contributed by atoms with van der Waals surface area (Å²) in [6.07, 6.45) is 0.367. The molecular formula is C15H24N2O3. The van der Waals surface area contributed by atoms with Crippen LogP contribution in [0.3, 0.4) is 0 Å². The van der Waals surface area contributed by atoms with Crippen molar-refractivity contribution in [2.45, 2.75) is 53.6 Å². The van der Waals surface area contributed by atoms with Crippen molar-refractivity contribution in [2.24, 2.45) is 5.41 Å². The summed E-state index contributed by atoms with van der Waals surface area (Å²) in [5, 5.41) is 8.78. The molecule has 0 aliphatic heterocycles. The topological polar surface area (TPSA) is 72.3 Å². The number of aliphatic carboxylic acids is 1. The van der Waals surface area contributed by atoms with E-state index in [9.17, 15) is 4.79 Å². The number of carboxylic acids is 1. The van der Waals surface area contributed by atoms with Gasteiger partial charge in [0.2, 0.25) is 0 Å². The number of rotatable bonds is 5. The first-order valence-corrected chi connectivity index (χ1v) is 6.75. The van der Waals surface area contributed by atoms with Gasteiger partial charge in [-0.15, -0.1) is 0 Å². The van der Waals surface area contributed by atoms with Crippen LogP contribution < -0.4 is 0 Å². The number of carboxylic acid groups (broad SMARTS) is 1. The largest absolute Gasteiger partial charge is 0.481 e. The number of hydrogen-bond donors (Lipinski definition) is 1. The highest BCUT2D eigenvalue weighted by Crippen LogP contribution is 2.34. The predicted molar refractivity (Wildman–Crippen MR) is 76.7 cm³/mol. The molecule has 112 valence electrons. The lowest BCUT2D eigenvalue weighted by molar-refractivity contribution is -0.136. The molecule has 0 fully saturated rings. The zero-order chi connectivity index (χ0) is 15.5. The molecule has 1 heterocycles. The molecule has 0 aromatic carbocycles. The summed E-state index contributed by atoms with van der Waals surface area (Å²) < 4.78 is 5.53. The minimum Gasteiger partial charge on any atom is -0.481 e. The monoisotopic (exact) mass is 280 g/mol. The molecular weight excluding hydrogens is 256 g/mol. The van der Waals surface area contributed by atoms with Crippen LogP contribution >= 0.6 is 0 Å².